The fourth-order valence-corrected chi connectivity index (χ4v) is 2.17. The van der Waals surface area contributed by atoms with E-state index < -0.39 is 0 Å². The molecule has 3 nitrogen and oxygen atoms in total. The number of piperidine rings is 1. The second kappa shape index (κ2) is 3.44. The molecule has 1 amide bonds. The maximum Gasteiger partial charge on any atom is 0.237 e. The van der Waals surface area contributed by atoms with Crippen LogP contribution in [0.4, 0.5) is 0 Å². The van der Waals surface area contributed by atoms with Crippen molar-refractivity contribution in [3.63, 3.8) is 0 Å². The highest BCUT2D eigenvalue weighted by molar-refractivity contribution is 5.82. The number of hydrogen-bond donors (Lipinski definition) is 1. The van der Waals surface area contributed by atoms with Crippen molar-refractivity contribution in [3.05, 3.63) is 0 Å². The molecule has 0 saturated carbocycles. The van der Waals surface area contributed by atoms with Gasteiger partial charge in [0.05, 0.1) is 6.04 Å². The summed E-state index contributed by atoms with van der Waals surface area (Å²) in [6.45, 7) is 3.09. The number of carbonyl (C=O) groups excluding carboxylic acids is 1. The topological polar surface area (TPSA) is 32.3 Å². The molecule has 0 spiro atoms. The Morgan fingerprint density at radius 3 is 3.00 bits per heavy atom. The number of fused-ring (bicyclic) bond motifs is 1. The van der Waals surface area contributed by atoms with E-state index in [-0.39, 0.29) is 11.9 Å². The van der Waals surface area contributed by atoms with Gasteiger partial charge in [-0.05, 0) is 25.8 Å². The molecule has 2 saturated heterocycles. The van der Waals surface area contributed by atoms with Gasteiger partial charge in [-0.1, -0.05) is 6.42 Å². The molecule has 0 radical (unpaired) electrons. The van der Waals surface area contributed by atoms with Gasteiger partial charge in [0.25, 0.3) is 0 Å². The van der Waals surface area contributed by atoms with Crippen LogP contribution in [0.2, 0.25) is 0 Å². The molecule has 0 aliphatic carbocycles. The third-order valence-corrected chi connectivity index (χ3v) is 2.84. The lowest BCUT2D eigenvalue weighted by Crippen LogP contribution is -2.46. The number of hydrogen-bond acceptors (Lipinski definition) is 2. The van der Waals surface area contributed by atoms with E-state index in [2.05, 4.69) is 10.2 Å². The zero-order chi connectivity index (χ0) is 8.39. The van der Waals surface area contributed by atoms with Crippen LogP contribution >= 0.6 is 0 Å². The molecule has 0 aromatic heterocycles. The molecule has 0 bridgehead atoms. The number of rotatable bonds is 0. The Labute approximate surface area is 73.1 Å². The molecular weight excluding hydrogens is 152 g/mol. The molecule has 68 valence electrons. The summed E-state index contributed by atoms with van der Waals surface area (Å²) in [7, 11) is 0. The van der Waals surface area contributed by atoms with E-state index >= 15 is 0 Å². The van der Waals surface area contributed by atoms with Gasteiger partial charge < -0.3 is 5.32 Å². The second-order valence-corrected chi connectivity index (χ2v) is 3.69. The second-order valence-electron chi connectivity index (χ2n) is 3.69. The summed E-state index contributed by atoms with van der Waals surface area (Å²) in [6.07, 6.45) is 4.66. The lowest BCUT2D eigenvalue weighted by Gasteiger charge is -2.32. The Hall–Kier alpha value is -0.570. The molecule has 1 N–H and O–H groups in total. The molecule has 12 heavy (non-hydrogen) atoms. The van der Waals surface area contributed by atoms with E-state index in [1.54, 1.807) is 0 Å². The van der Waals surface area contributed by atoms with Crippen LogP contribution in [-0.2, 0) is 4.79 Å². The Kier molecular flexibility index (Phi) is 2.30. The molecule has 3 heteroatoms. The van der Waals surface area contributed by atoms with Crippen molar-refractivity contribution in [2.45, 2.75) is 31.7 Å². The molecule has 2 aliphatic heterocycles. The third-order valence-electron chi connectivity index (χ3n) is 2.84. The average molecular weight is 168 g/mol. The minimum absolute atomic E-state index is 0.196. The van der Waals surface area contributed by atoms with Crippen molar-refractivity contribution in [2.24, 2.45) is 0 Å². The SMILES string of the molecule is O=C1NCCCN2CCCCC12. The standard InChI is InChI=1S/C9H16N2O/c12-9-8-4-1-2-6-11(8)7-3-5-10-9/h8H,1-7H2,(H,10,12). The monoisotopic (exact) mass is 168 g/mol. The molecule has 2 fully saturated rings. The summed E-state index contributed by atoms with van der Waals surface area (Å²) < 4.78 is 0. The quantitative estimate of drug-likeness (QED) is 0.566. The van der Waals surface area contributed by atoms with Gasteiger partial charge >= 0.3 is 0 Å². The molecule has 0 aromatic rings. The van der Waals surface area contributed by atoms with Crippen LogP contribution in [0.15, 0.2) is 0 Å². The fourth-order valence-electron chi connectivity index (χ4n) is 2.17. The van der Waals surface area contributed by atoms with Crippen LogP contribution in [0, 0.1) is 0 Å². The first-order valence-electron chi connectivity index (χ1n) is 4.90. The van der Waals surface area contributed by atoms with Gasteiger partial charge in [0, 0.05) is 13.1 Å². The van der Waals surface area contributed by atoms with Gasteiger partial charge in [0.2, 0.25) is 5.91 Å². The van der Waals surface area contributed by atoms with Gasteiger partial charge in [-0.25, -0.2) is 0 Å². The summed E-state index contributed by atoms with van der Waals surface area (Å²) in [4.78, 5) is 13.8. The molecule has 0 aromatic carbocycles. The number of nitrogens with one attached hydrogen (secondary N) is 1. The largest absolute Gasteiger partial charge is 0.355 e. The summed E-state index contributed by atoms with van der Waals surface area (Å²) in [5, 5.41) is 2.96. The van der Waals surface area contributed by atoms with Gasteiger partial charge in [-0.15, -0.1) is 0 Å². The predicted molar refractivity (Wildman–Crippen MR) is 46.8 cm³/mol. The normalized spacial score (nSPS) is 32.0. The Balaban J connectivity index is 2.06. The molecule has 1 unspecified atom stereocenters. The maximum atomic E-state index is 11.5. The minimum Gasteiger partial charge on any atom is -0.355 e. The lowest BCUT2D eigenvalue weighted by atomic mass is 10.0. The van der Waals surface area contributed by atoms with Gasteiger partial charge in [-0.2, -0.15) is 0 Å². The Bertz CT molecular complexity index is 181. The number of nitrogens with zero attached hydrogens (tertiary/aromatic N) is 1. The van der Waals surface area contributed by atoms with Crippen LogP contribution in [0.1, 0.15) is 25.7 Å². The van der Waals surface area contributed by atoms with Crippen LogP contribution in [0.25, 0.3) is 0 Å². The van der Waals surface area contributed by atoms with E-state index in [4.69, 9.17) is 0 Å². The zero-order valence-electron chi connectivity index (χ0n) is 7.38. The predicted octanol–water partition coefficient (Wildman–Crippen LogP) is 0.361. The minimum atomic E-state index is 0.196. The van der Waals surface area contributed by atoms with E-state index in [0.29, 0.717) is 0 Å². The maximum absolute atomic E-state index is 11.5. The van der Waals surface area contributed by atoms with E-state index in [9.17, 15) is 4.79 Å². The van der Waals surface area contributed by atoms with Crippen molar-refractivity contribution < 1.29 is 4.79 Å². The summed E-state index contributed by atoms with van der Waals surface area (Å²) in [5.41, 5.74) is 0. The van der Waals surface area contributed by atoms with E-state index in [1.807, 2.05) is 0 Å². The Morgan fingerprint density at radius 1 is 1.25 bits per heavy atom. The Morgan fingerprint density at radius 2 is 2.08 bits per heavy atom. The van der Waals surface area contributed by atoms with Gasteiger partial charge in [0.1, 0.15) is 0 Å². The van der Waals surface area contributed by atoms with E-state index in [0.717, 1.165) is 32.5 Å². The van der Waals surface area contributed by atoms with Crippen LogP contribution in [-0.4, -0.2) is 36.5 Å². The lowest BCUT2D eigenvalue weighted by molar-refractivity contribution is -0.126. The van der Waals surface area contributed by atoms with Crippen LogP contribution in [0.5, 0.6) is 0 Å². The molecule has 2 rings (SSSR count). The molecule has 2 heterocycles. The van der Waals surface area contributed by atoms with Crippen LogP contribution < -0.4 is 5.32 Å². The molecule has 1 atom stereocenters. The first-order valence-corrected chi connectivity index (χ1v) is 4.90. The molecular formula is C9H16N2O. The summed E-state index contributed by atoms with van der Waals surface area (Å²) >= 11 is 0. The molecule has 2 aliphatic rings. The highest BCUT2D eigenvalue weighted by Crippen LogP contribution is 2.18. The highest BCUT2D eigenvalue weighted by Gasteiger charge is 2.29. The first kappa shape index (κ1) is 8.05. The average Bonchev–Trinajstić information content (AvgIpc) is 2.29. The number of carbonyl (C=O) groups is 1. The van der Waals surface area contributed by atoms with Crippen molar-refractivity contribution in [2.75, 3.05) is 19.6 Å². The van der Waals surface area contributed by atoms with Crippen molar-refractivity contribution in [3.8, 4) is 0 Å². The van der Waals surface area contributed by atoms with Crippen LogP contribution in [0.3, 0.4) is 0 Å². The van der Waals surface area contributed by atoms with Crippen molar-refractivity contribution in [1.29, 1.82) is 0 Å². The third kappa shape index (κ3) is 1.46. The summed E-state index contributed by atoms with van der Waals surface area (Å²) in [5.74, 6) is 0.257. The first-order chi connectivity index (χ1) is 5.88. The smallest absolute Gasteiger partial charge is 0.237 e. The fraction of sp³-hybridized carbons (Fsp3) is 0.889. The highest BCUT2D eigenvalue weighted by atomic mass is 16.2. The van der Waals surface area contributed by atoms with Gasteiger partial charge in [-0.3, -0.25) is 9.69 Å². The van der Waals surface area contributed by atoms with E-state index in [1.165, 1.54) is 12.8 Å². The summed E-state index contributed by atoms with van der Waals surface area (Å²) in [6, 6.07) is 0.196. The number of amides is 1. The van der Waals surface area contributed by atoms with Gasteiger partial charge in [0.15, 0.2) is 0 Å². The zero-order valence-corrected chi connectivity index (χ0v) is 7.38. The van der Waals surface area contributed by atoms with Crippen molar-refractivity contribution >= 4 is 5.91 Å². The van der Waals surface area contributed by atoms with Crippen molar-refractivity contribution in [1.82, 2.24) is 10.2 Å².